The van der Waals surface area contributed by atoms with Crippen molar-refractivity contribution in [2.45, 2.75) is 44.7 Å². The van der Waals surface area contributed by atoms with Gasteiger partial charge in [-0.3, -0.25) is 14.8 Å². The van der Waals surface area contributed by atoms with Crippen LogP contribution in [-0.4, -0.2) is 45.4 Å². The summed E-state index contributed by atoms with van der Waals surface area (Å²) in [7, 11) is 2.16. The molecule has 24 heavy (non-hydrogen) atoms. The summed E-state index contributed by atoms with van der Waals surface area (Å²) in [6, 6.07) is 0.548. The molecular formula is C17H23N5OS. The van der Waals surface area contributed by atoms with Crippen molar-refractivity contribution >= 4 is 17.2 Å². The molecule has 1 atom stereocenters. The number of piperidine rings is 1. The second kappa shape index (κ2) is 8.30. The first-order chi connectivity index (χ1) is 11.7. The number of aromatic nitrogens is 3. The van der Waals surface area contributed by atoms with Gasteiger partial charge in [0.1, 0.15) is 10.7 Å². The summed E-state index contributed by atoms with van der Waals surface area (Å²) < 4.78 is 0. The first-order valence-electron chi connectivity index (χ1n) is 8.40. The second-order valence-electron chi connectivity index (χ2n) is 6.18. The monoisotopic (exact) mass is 345 g/mol. The molecule has 1 aliphatic heterocycles. The molecule has 3 heterocycles. The Kier molecular flexibility index (Phi) is 5.87. The maximum absolute atomic E-state index is 12.1. The third kappa shape index (κ3) is 4.58. The van der Waals surface area contributed by atoms with Crippen LogP contribution in [0.25, 0.3) is 10.7 Å². The van der Waals surface area contributed by atoms with Gasteiger partial charge in [-0.15, -0.1) is 11.3 Å². The van der Waals surface area contributed by atoms with Crippen molar-refractivity contribution in [1.29, 1.82) is 0 Å². The van der Waals surface area contributed by atoms with Crippen LogP contribution in [0.15, 0.2) is 24.0 Å². The Bertz CT molecular complexity index is 660. The summed E-state index contributed by atoms with van der Waals surface area (Å²) in [5.41, 5.74) is 1.63. The van der Waals surface area contributed by atoms with Crippen molar-refractivity contribution in [2.24, 2.45) is 0 Å². The van der Waals surface area contributed by atoms with E-state index in [0.29, 0.717) is 19.0 Å². The number of carbonyl (C=O) groups is 1. The van der Waals surface area contributed by atoms with Crippen LogP contribution in [0.2, 0.25) is 0 Å². The third-order valence-corrected chi connectivity index (χ3v) is 5.34. The van der Waals surface area contributed by atoms with Gasteiger partial charge in [0.05, 0.1) is 18.4 Å². The molecule has 0 aliphatic carbocycles. The second-order valence-corrected chi connectivity index (χ2v) is 7.04. The molecule has 7 heteroatoms. The number of hydrogen-bond donors (Lipinski definition) is 1. The van der Waals surface area contributed by atoms with Crippen molar-refractivity contribution in [3.63, 3.8) is 0 Å². The van der Waals surface area contributed by atoms with E-state index in [1.54, 1.807) is 18.6 Å². The zero-order chi connectivity index (χ0) is 16.8. The van der Waals surface area contributed by atoms with Crippen molar-refractivity contribution in [2.75, 3.05) is 13.6 Å². The van der Waals surface area contributed by atoms with Crippen molar-refractivity contribution in [3.05, 3.63) is 29.7 Å². The SMILES string of the molecule is CN1CCCCC1CCC(=O)NCc1csc(-c2cnccn2)n1. The first kappa shape index (κ1) is 17.0. The summed E-state index contributed by atoms with van der Waals surface area (Å²) in [6.45, 7) is 1.62. The molecule has 1 fully saturated rings. The Labute approximate surface area is 146 Å². The molecule has 0 radical (unpaired) electrons. The Morgan fingerprint density at radius 2 is 2.33 bits per heavy atom. The first-order valence-corrected chi connectivity index (χ1v) is 9.28. The van der Waals surface area contributed by atoms with Crippen LogP contribution in [-0.2, 0) is 11.3 Å². The Morgan fingerprint density at radius 3 is 3.12 bits per heavy atom. The molecule has 0 aromatic carbocycles. The highest BCUT2D eigenvalue weighted by atomic mass is 32.1. The Hall–Kier alpha value is -1.86. The summed E-state index contributed by atoms with van der Waals surface area (Å²) in [5, 5.41) is 5.76. The molecular weight excluding hydrogens is 322 g/mol. The fourth-order valence-electron chi connectivity index (χ4n) is 3.00. The Morgan fingerprint density at radius 1 is 1.42 bits per heavy atom. The molecule has 2 aromatic rings. The lowest BCUT2D eigenvalue weighted by molar-refractivity contribution is -0.121. The molecule has 0 spiro atoms. The standard InChI is InChI=1S/C17H23N5OS/c1-22-9-3-2-4-14(22)5-6-16(23)20-10-13-12-24-17(21-13)15-11-18-7-8-19-15/h7-8,11-12,14H,2-6,9-10H2,1H3,(H,20,23). The van der Waals surface area contributed by atoms with E-state index in [2.05, 4.69) is 32.2 Å². The van der Waals surface area contributed by atoms with Gasteiger partial charge in [0, 0.05) is 30.2 Å². The van der Waals surface area contributed by atoms with E-state index in [-0.39, 0.29) is 5.91 Å². The summed E-state index contributed by atoms with van der Waals surface area (Å²) in [5.74, 6) is 0.100. The number of hydrogen-bond acceptors (Lipinski definition) is 6. The quantitative estimate of drug-likeness (QED) is 0.871. The maximum atomic E-state index is 12.1. The molecule has 1 unspecified atom stereocenters. The smallest absolute Gasteiger partial charge is 0.220 e. The minimum atomic E-state index is 0.100. The molecule has 0 saturated carbocycles. The van der Waals surface area contributed by atoms with Crippen molar-refractivity contribution in [3.8, 4) is 10.7 Å². The number of likely N-dealkylation sites (tertiary alicyclic amines) is 1. The topological polar surface area (TPSA) is 71.0 Å². The zero-order valence-corrected chi connectivity index (χ0v) is 14.8. The van der Waals surface area contributed by atoms with E-state index in [1.165, 1.54) is 30.6 Å². The lowest BCUT2D eigenvalue weighted by atomic mass is 9.98. The largest absolute Gasteiger partial charge is 0.350 e. The van der Waals surface area contributed by atoms with Crippen molar-refractivity contribution in [1.82, 2.24) is 25.2 Å². The molecule has 1 aliphatic rings. The molecule has 3 rings (SSSR count). The number of carbonyl (C=O) groups excluding carboxylic acids is 1. The van der Waals surface area contributed by atoms with Crippen LogP contribution in [0.1, 0.15) is 37.8 Å². The van der Waals surface area contributed by atoms with E-state index < -0.39 is 0 Å². The number of amides is 1. The summed E-state index contributed by atoms with van der Waals surface area (Å²) in [6.07, 6.45) is 10.3. The number of nitrogens with zero attached hydrogens (tertiary/aromatic N) is 4. The predicted octanol–water partition coefficient (Wildman–Crippen LogP) is 2.48. The molecule has 6 nitrogen and oxygen atoms in total. The fraction of sp³-hybridized carbons (Fsp3) is 0.529. The average molecular weight is 345 g/mol. The third-order valence-electron chi connectivity index (χ3n) is 4.43. The fourth-order valence-corrected chi connectivity index (χ4v) is 3.78. The lowest BCUT2D eigenvalue weighted by Gasteiger charge is -2.32. The molecule has 2 aromatic heterocycles. The molecule has 1 N–H and O–H groups in total. The number of thiazole rings is 1. The molecule has 128 valence electrons. The van der Waals surface area contributed by atoms with Crippen LogP contribution < -0.4 is 5.32 Å². The molecule has 1 saturated heterocycles. The average Bonchev–Trinajstić information content (AvgIpc) is 3.09. The lowest BCUT2D eigenvalue weighted by Crippen LogP contribution is -2.37. The highest BCUT2D eigenvalue weighted by Crippen LogP contribution is 2.21. The molecule has 0 bridgehead atoms. The number of nitrogens with one attached hydrogen (secondary N) is 1. The van der Waals surface area contributed by atoms with Gasteiger partial charge in [-0.25, -0.2) is 4.98 Å². The normalized spacial score (nSPS) is 18.5. The minimum absolute atomic E-state index is 0.100. The van der Waals surface area contributed by atoms with E-state index in [0.717, 1.165) is 29.4 Å². The van der Waals surface area contributed by atoms with Crippen LogP contribution in [0.5, 0.6) is 0 Å². The number of rotatable bonds is 6. The van der Waals surface area contributed by atoms with Crippen LogP contribution in [0.3, 0.4) is 0 Å². The van der Waals surface area contributed by atoms with Gasteiger partial charge in [-0.1, -0.05) is 6.42 Å². The van der Waals surface area contributed by atoms with Gasteiger partial charge in [0.25, 0.3) is 0 Å². The van der Waals surface area contributed by atoms with E-state index in [1.807, 2.05) is 5.38 Å². The van der Waals surface area contributed by atoms with E-state index in [9.17, 15) is 4.79 Å². The summed E-state index contributed by atoms with van der Waals surface area (Å²) >= 11 is 1.52. The zero-order valence-electron chi connectivity index (χ0n) is 13.9. The van der Waals surface area contributed by atoms with Crippen molar-refractivity contribution < 1.29 is 4.79 Å². The van der Waals surface area contributed by atoms with Gasteiger partial charge < -0.3 is 10.2 Å². The van der Waals surface area contributed by atoms with Crippen LogP contribution in [0, 0.1) is 0 Å². The van der Waals surface area contributed by atoms with Gasteiger partial charge in [-0.2, -0.15) is 0 Å². The van der Waals surface area contributed by atoms with Gasteiger partial charge in [-0.05, 0) is 32.9 Å². The van der Waals surface area contributed by atoms with Gasteiger partial charge >= 0.3 is 0 Å². The summed E-state index contributed by atoms with van der Waals surface area (Å²) in [4.78, 5) is 27.2. The van der Waals surface area contributed by atoms with Gasteiger partial charge in [0.2, 0.25) is 5.91 Å². The van der Waals surface area contributed by atoms with Crippen LogP contribution in [0.4, 0.5) is 0 Å². The molecule has 1 amide bonds. The Balaban J connectivity index is 1.44. The minimum Gasteiger partial charge on any atom is -0.350 e. The van der Waals surface area contributed by atoms with Crippen LogP contribution >= 0.6 is 11.3 Å². The maximum Gasteiger partial charge on any atom is 0.220 e. The van der Waals surface area contributed by atoms with E-state index >= 15 is 0 Å². The predicted molar refractivity (Wildman–Crippen MR) is 94.5 cm³/mol. The van der Waals surface area contributed by atoms with E-state index in [4.69, 9.17) is 0 Å². The van der Waals surface area contributed by atoms with Gasteiger partial charge in [0.15, 0.2) is 0 Å². The highest BCUT2D eigenvalue weighted by molar-refractivity contribution is 7.13. The highest BCUT2D eigenvalue weighted by Gasteiger charge is 2.19.